The van der Waals surface area contributed by atoms with Crippen molar-refractivity contribution < 1.29 is 107 Å². The third kappa shape index (κ3) is 27.1. The van der Waals surface area contributed by atoms with Crippen molar-refractivity contribution in [3.8, 4) is 5.75 Å². The molecule has 0 spiro atoms. The predicted molar refractivity (Wildman–Crippen MR) is 471 cm³/mol. The second-order valence-electron chi connectivity index (χ2n) is 32.7. The van der Waals surface area contributed by atoms with Crippen LogP contribution in [0, 0.1) is 0 Å². The van der Waals surface area contributed by atoms with Crippen molar-refractivity contribution in [2.24, 2.45) is 17.2 Å². The Morgan fingerprint density at radius 2 is 1.10 bits per heavy atom. The van der Waals surface area contributed by atoms with Gasteiger partial charge in [-0.3, -0.25) is 86.3 Å². The number of para-hydroxylation sites is 1. The maximum atomic E-state index is 15.6. The molecular formula is C86H117N19O22S2. The molecule has 5 aromatic rings. The number of H-pyrrole nitrogens is 1. The van der Waals surface area contributed by atoms with Crippen molar-refractivity contribution in [3.63, 3.8) is 0 Å². The molecule has 3 aromatic carbocycles. The first-order chi connectivity index (χ1) is 61.5. The van der Waals surface area contributed by atoms with E-state index in [4.69, 9.17) is 17.2 Å². The van der Waals surface area contributed by atoms with E-state index < -0.39 is 261 Å². The van der Waals surface area contributed by atoms with Crippen LogP contribution in [0.3, 0.4) is 0 Å². The number of rotatable bonds is 22. The van der Waals surface area contributed by atoms with Gasteiger partial charge in [0.25, 0.3) is 0 Å². The van der Waals surface area contributed by atoms with Gasteiger partial charge in [0.05, 0.1) is 31.4 Å². The minimum atomic E-state index is -1.90. The van der Waals surface area contributed by atoms with E-state index in [1.54, 1.807) is 54.0 Å². The molecule has 43 heteroatoms. The fourth-order valence-electron chi connectivity index (χ4n) is 16.3. The molecule has 41 nitrogen and oxygen atoms in total. The minimum Gasteiger partial charge on any atom is -0.508 e. The number of aromatic nitrogens is 1. The largest absolute Gasteiger partial charge is 0.508 e. The van der Waals surface area contributed by atoms with Crippen LogP contribution in [0.1, 0.15) is 134 Å². The maximum Gasteiger partial charge on any atom is 0.305 e. The normalized spacial score (nSPS) is 25.9. The number of piperidine rings is 1. The number of aliphatic carboxylic acids is 1. The molecule has 4 aliphatic rings. The van der Waals surface area contributed by atoms with Crippen LogP contribution in [-0.2, 0) is 106 Å². The lowest BCUT2D eigenvalue weighted by molar-refractivity contribution is -0.149. The number of carbonyl (C=O) groups excluding carboxylic acids is 17. The second kappa shape index (κ2) is 47.6. The first kappa shape index (κ1) is 100. The van der Waals surface area contributed by atoms with Crippen molar-refractivity contribution >= 4 is 150 Å². The molecule has 6 heterocycles. The molecule has 4 aliphatic heterocycles. The van der Waals surface area contributed by atoms with Gasteiger partial charge in [0.2, 0.25) is 100 Å². The molecule has 0 aliphatic carbocycles. The number of hydrogen-bond donors (Lipinski definition) is 18. The summed E-state index contributed by atoms with van der Waals surface area (Å²) in [4.78, 5) is 268. The number of nitrogens with one attached hydrogen (secondary N) is 11. The molecule has 15 atom stereocenters. The van der Waals surface area contributed by atoms with Crippen LogP contribution in [0.15, 0.2) is 84.4 Å². The van der Waals surface area contributed by atoms with Gasteiger partial charge >= 0.3 is 5.97 Å². The Hall–Kier alpha value is -12.4. The SMILES string of the molecule is CCCC[C@H]1C(=O)N(C)[C@@H](CCCC)C(=O)N[C@@H](C)C(=O)N[C@H](C(=O)NCC(N)=O)CSCC(=O)N[C@H](Cc2ccc(O)cc2)C(=O)N2CCCC[C@H]2C(=O)N[C@@H](CC(=O)O)C(=O)N2CCC[C@H]2C(=O)N[C@@H](CN)C(=O)N[C@@H](CCC(N)=O)C(=O)N2C[C@H](O)C[C@H]2C(=O)N[C@@H](Cc2c[nH]c3ccccc23)C(=O)N[C@@H](CO)C(=O)N[C@@H](Cc2csc3ccccc23)C(=O)N1C. The van der Waals surface area contributed by atoms with E-state index in [-0.39, 0.29) is 70.2 Å². The van der Waals surface area contributed by atoms with Gasteiger partial charge in [-0.25, -0.2) is 0 Å². The van der Waals surface area contributed by atoms with Crippen molar-refractivity contribution in [2.45, 2.75) is 227 Å². The van der Waals surface area contributed by atoms with E-state index in [2.05, 4.69) is 58.2 Å². The van der Waals surface area contributed by atoms with Gasteiger partial charge in [0.1, 0.15) is 90.3 Å². The maximum absolute atomic E-state index is 15.6. The van der Waals surface area contributed by atoms with Crippen LogP contribution in [-0.4, -0.2) is 312 Å². The number of carboxylic acids is 1. The van der Waals surface area contributed by atoms with E-state index in [0.29, 0.717) is 71.5 Å². The Morgan fingerprint density at radius 3 is 1.76 bits per heavy atom. The van der Waals surface area contributed by atoms with Crippen LogP contribution >= 0.6 is 23.1 Å². The molecule has 0 radical (unpaired) electrons. The topological polar surface area (TPSA) is 619 Å². The number of phenols is 1. The third-order valence-corrected chi connectivity index (χ3v) is 25.4. The average Bonchev–Trinajstić information content (AvgIpc) is 1.64. The van der Waals surface area contributed by atoms with Crippen molar-refractivity contribution in [2.75, 3.05) is 64.9 Å². The lowest BCUT2D eigenvalue weighted by atomic mass is 9.97. The molecule has 4 fully saturated rings. The molecule has 0 saturated carbocycles. The Kier molecular flexibility index (Phi) is 37.1. The summed E-state index contributed by atoms with van der Waals surface area (Å²) in [5.41, 5.74) is 19.2. The number of nitrogens with zero attached hydrogens (tertiary/aromatic N) is 5. The van der Waals surface area contributed by atoms with Crippen LogP contribution in [0.25, 0.3) is 21.0 Å². The van der Waals surface area contributed by atoms with Gasteiger partial charge in [0, 0.05) is 99.9 Å². The summed E-state index contributed by atoms with van der Waals surface area (Å²) in [6.07, 6.45) is -0.874. The molecule has 2 aromatic heterocycles. The van der Waals surface area contributed by atoms with Crippen molar-refractivity contribution in [1.82, 2.24) is 82.7 Å². The number of hydrogen-bond acceptors (Lipinski definition) is 24. The van der Waals surface area contributed by atoms with E-state index in [1.165, 1.54) is 56.6 Å². The lowest BCUT2D eigenvalue weighted by Gasteiger charge is -2.38. The number of phenolic OH excluding ortho intramolecular Hbond substituents is 1. The molecule has 0 bridgehead atoms. The molecule has 9 rings (SSSR count). The number of primary amides is 2. The Bertz CT molecular complexity index is 4920. The highest BCUT2D eigenvalue weighted by Crippen LogP contribution is 2.30. The van der Waals surface area contributed by atoms with E-state index in [0.717, 1.165) is 41.0 Å². The highest BCUT2D eigenvalue weighted by Gasteiger charge is 2.47. The number of carboxylic acid groups (broad SMARTS) is 1. The standard InChI is InChI=1S/C86H117N19O22S2/c1-6-8-20-63-78(119)92-46(3)73(114)100-62(74(115)91-40-70(89)110)44-128-45-71(111)93-57(33-47-25-27-50(107)28-26-47)84(125)103-31-15-14-22-64(103)79(120)97-59(37-72(112)113)85(126)104-32-16-23-65(104)80(121)98-60(38-87)76(117)94-55(29-30-69(88)109)83(124)105-41-51(108)36-67(105)81(122)95-56(34-48-39-90-54-19-12-10-17-52(48)54)75(116)99-61(42-106)77(118)96-58(35-49-43-129-68-24-13-11-18-53(49)68)82(123)102(5)66(21-9-7-2)86(127)101(63)4/h10-13,17-19,24-28,39,43,46,51,55-67,90,106-108H,6-9,14-16,20-23,29-38,40-42,44-45,87H2,1-5H3,(H2,88,109)(H2,89,110)(H,91,115)(H,92,119)(H,93,111)(H,94,117)(H,95,122)(H,96,118)(H,97,120)(H,98,121)(H,99,116)(H,100,114)(H,112,113)/t46-,51+,55-,56-,57+,58-,59-,60-,61-,62-,63-,64-,65-,66-,67-/m0/s1. The number of thioether (sulfide) groups is 1. The van der Waals surface area contributed by atoms with E-state index in [1.807, 2.05) is 19.9 Å². The molecule has 0 unspecified atom stereocenters. The van der Waals surface area contributed by atoms with E-state index in [9.17, 15) is 73.2 Å². The fourth-order valence-corrected chi connectivity index (χ4v) is 18.1. The zero-order chi connectivity index (χ0) is 94.0. The number of aliphatic hydroxyl groups excluding tert-OH is 2. The molecule has 4 saturated heterocycles. The third-order valence-electron chi connectivity index (χ3n) is 23.3. The number of carbonyl (C=O) groups is 18. The second-order valence-corrected chi connectivity index (χ2v) is 34.7. The molecule has 129 heavy (non-hydrogen) atoms. The Balaban J connectivity index is 1.07. The summed E-state index contributed by atoms with van der Waals surface area (Å²) >= 11 is 2.12. The minimum absolute atomic E-state index is 0.0118. The fraction of sp³-hybridized carbons (Fsp3) is 0.535. The zero-order valence-corrected chi connectivity index (χ0v) is 74.2. The number of aliphatic hydroxyl groups is 2. The number of aromatic amines is 1. The van der Waals surface area contributed by atoms with Crippen molar-refractivity contribution in [1.29, 1.82) is 0 Å². The smallest absolute Gasteiger partial charge is 0.305 e. The highest BCUT2D eigenvalue weighted by atomic mass is 32.2. The summed E-state index contributed by atoms with van der Waals surface area (Å²) in [7, 11) is 2.69. The van der Waals surface area contributed by atoms with Gasteiger partial charge in [-0.2, -0.15) is 0 Å². The van der Waals surface area contributed by atoms with Gasteiger partial charge < -0.3 is 120 Å². The predicted octanol–water partition coefficient (Wildman–Crippen LogP) is -3.09. The first-order valence-corrected chi connectivity index (χ1v) is 45.2. The zero-order valence-electron chi connectivity index (χ0n) is 72.5. The summed E-state index contributed by atoms with van der Waals surface area (Å²) in [6, 6.07) is -2.52. The van der Waals surface area contributed by atoms with Gasteiger partial charge in [-0.1, -0.05) is 88.1 Å². The van der Waals surface area contributed by atoms with Gasteiger partial charge in [0.15, 0.2) is 0 Å². The number of fused-ring (bicyclic) bond motifs is 5. The molecule has 700 valence electrons. The average molecular weight is 1830 g/mol. The Labute approximate surface area is 752 Å². The number of thiophene rings is 1. The number of aromatic hydroxyl groups is 1. The van der Waals surface area contributed by atoms with Crippen molar-refractivity contribution in [3.05, 3.63) is 101 Å². The number of likely N-dealkylation sites (N-methyl/N-ethyl adjacent to an activating group) is 2. The van der Waals surface area contributed by atoms with Crippen LogP contribution < -0.4 is 70.4 Å². The number of benzene rings is 3. The Morgan fingerprint density at radius 1 is 0.543 bits per heavy atom. The molecule has 21 N–H and O–H groups in total. The van der Waals surface area contributed by atoms with Crippen LogP contribution in [0.4, 0.5) is 0 Å². The van der Waals surface area contributed by atoms with Crippen LogP contribution in [0.2, 0.25) is 0 Å². The number of amides is 17. The first-order valence-electron chi connectivity index (χ1n) is 43.1. The number of unbranched alkanes of at least 4 members (excludes halogenated alkanes) is 2. The number of nitrogens with two attached hydrogens (primary N) is 3. The summed E-state index contributed by atoms with van der Waals surface area (Å²) < 4.78 is 0.808. The molecular weight excluding hydrogens is 1720 g/mol. The summed E-state index contributed by atoms with van der Waals surface area (Å²) in [6.45, 7) is 1.64. The molecule has 17 amide bonds. The van der Waals surface area contributed by atoms with Gasteiger partial charge in [-0.05, 0) is 110 Å². The van der Waals surface area contributed by atoms with Gasteiger partial charge in [-0.15, -0.1) is 23.1 Å². The quantitative estimate of drug-likeness (QED) is 0.0326. The van der Waals surface area contributed by atoms with E-state index >= 15 is 33.6 Å². The monoisotopic (exact) mass is 1830 g/mol. The summed E-state index contributed by atoms with van der Waals surface area (Å²) in [5.74, 6) is -19.0. The highest BCUT2D eigenvalue weighted by molar-refractivity contribution is 8.00. The van der Waals surface area contributed by atoms with Crippen LogP contribution in [0.5, 0.6) is 5.75 Å². The summed E-state index contributed by atoms with van der Waals surface area (Å²) in [5, 5.41) is 71.6. The lowest BCUT2D eigenvalue weighted by Crippen LogP contribution is -2.62.